The van der Waals surface area contributed by atoms with Crippen LogP contribution in [0.5, 0.6) is 5.75 Å². The highest BCUT2D eigenvalue weighted by Crippen LogP contribution is 2.37. The first kappa shape index (κ1) is 23.5. The lowest BCUT2D eigenvalue weighted by Gasteiger charge is -2.16. The van der Waals surface area contributed by atoms with E-state index in [9.17, 15) is 9.59 Å². The Bertz CT molecular complexity index is 885. The second-order valence-electron chi connectivity index (χ2n) is 6.48. The van der Waals surface area contributed by atoms with Crippen LogP contribution in [0, 0.1) is 0 Å². The molecular formula is C20H21Br2ClN2O4. The van der Waals surface area contributed by atoms with E-state index in [1.165, 1.54) is 0 Å². The first-order valence-electron chi connectivity index (χ1n) is 8.87. The zero-order chi connectivity index (χ0) is 21.6. The molecule has 1 amide bonds. The van der Waals surface area contributed by atoms with Crippen LogP contribution in [0.2, 0.25) is 5.02 Å². The largest absolute Gasteiger partial charge is 0.487 e. The second kappa shape index (κ2) is 10.8. The molecular weight excluding hydrogens is 527 g/mol. The number of carboxylic acid groups (broad SMARTS) is 1. The van der Waals surface area contributed by atoms with Crippen molar-refractivity contribution in [2.45, 2.75) is 39.3 Å². The molecule has 0 aliphatic rings. The third-order valence-corrected chi connectivity index (χ3v) is 5.36. The van der Waals surface area contributed by atoms with Gasteiger partial charge >= 0.3 is 5.97 Å². The van der Waals surface area contributed by atoms with E-state index in [-0.39, 0.29) is 6.61 Å². The number of aliphatic carboxylic acids is 1. The molecule has 2 aromatic rings. The lowest BCUT2D eigenvalue weighted by atomic mass is 10.2. The molecule has 0 aliphatic carbocycles. The Morgan fingerprint density at radius 2 is 1.79 bits per heavy atom. The number of nitrogens with one attached hydrogen (secondary N) is 2. The van der Waals surface area contributed by atoms with Crippen molar-refractivity contribution in [3.63, 3.8) is 0 Å². The first-order valence-corrected chi connectivity index (χ1v) is 10.8. The average molecular weight is 549 g/mol. The number of carbonyl (C=O) groups excluding carboxylic acids is 1. The number of rotatable bonds is 9. The van der Waals surface area contributed by atoms with E-state index in [0.29, 0.717) is 31.4 Å². The third-order valence-electron chi connectivity index (χ3n) is 3.96. The molecule has 3 N–H and O–H groups in total. The molecule has 0 aromatic heterocycles. The Balaban J connectivity index is 2.11. The number of carbonyl (C=O) groups is 2. The van der Waals surface area contributed by atoms with E-state index < -0.39 is 18.3 Å². The van der Waals surface area contributed by atoms with Crippen molar-refractivity contribution in [2.75, 3.05) is 10.6 Å². The van der Waals surface area contributed by atoms with Gasteiger partial charge in [0.05, 0.1) is 8.95 Å². The molecule has 0 aliphatic heterocycles. The summed E-state index contributed by atoms with van der Waals surface area (Å²) in [6.07, 6.45) is 0.392. The van der Waals surface area contributed by atoms with Crippen LogP contribution in [-0.4, -0.2) is 23.0 Å². The molecule has 9 heteroatoms. The summed E-state index contributed by atoms with van der Waals surface area (Å²) in [5.74, 6) is -1.24. The Hall–Kier alpha value is -1.77. The maximum Gasteiger partial charge on any atom is 0.312 e. The van der Waals surface area contributed by atoms with Gasteiger partial charge < -0.3 is 20.5 Å². The van der Waals surface area contributed by atoms with E-state index in [2.05, 4.69) is 56.3 Å². The van der Waals surface area contributed by atoms with Crippen molar-refractivity contribution < 1.29 is 19.4 Å². The van der Waals surface area contributed by atoms with Gasteiger partial charge in [0.15, 0.2) is 0 Å². The molecule has 156 valence electrons. The number of amides is 1. The monoisotopic (exact) mass is 546 g/mol. The summed E-state index contributed by atoms with van der Waals surface area (Å²) < 4.78 is 7.15. The summed E-state index contributed by atoms with van der Waals surface area (Å²) in [5, 5.41) is 15.2. The fraction of sp³-hybridized carbons (Fsp3) is 0.300. The quantitative estimate of drug-likeness (QED) is 0.331. The van der Waals surface area contributed by atoms with Gasteiger partial charge in [-0.2, -0.15) is 0 Å². The van der Waals surface area contributed by atoms with E-state index in [4.69, 9.17) is 21.4 Å². The number of benzene rings is 2. The predicted molar refractivity (Wildman–Crippen MR) is 122 cm³/mol. The van der Waals surface area contributed by atoms with Crippen molar-refractivity contribution in [3.05, 3.63) is 49.9 Å². The molecule has 0 saturated heterocycles. The number of halogens is 3. The average Bonchev–Trinajstić information content (AvgIpc) is 2.59. The number of hydrogen-bond donors (Lipinski definition) is 3. The smallest absolute Gasteiger partial charge is 0.312 e. The van der Waals surface area contributed by atoms with Crippen LogP contribution < -0.4 is 15.4 Å². The minimum atomic E-state index is -1.19. The Kier molecular flexibility index (Phi) is 8.79. The number of carboxylic acids is 1. The van der Waals surface area contributed by atoms with Gasteiger partial charge in [0, 0.05) is 22.4 Å². The van der Waals surface area contributed by atoms with Crippen LogP contribution in [0.25, 0.3) is 0 Å². The SMILES string of the molecule is CCC(C)Nc1cc(Cl)cc(COc2c(Br)cc(NC(=O)CC(=O)O)cc2Br)c1. The highest BCUT2D eigenvalue weighted by Gasteiger charge is 2.13. The maximum atomic E-state index is 11.6. The molecule has 6 nitrogen and oxygen atoms in total. The minimum Gasteiger partial charge on any atom is -0.487 e. The summed E-state index contributed by atoms with van der Waals surface area (Å²) in [6.45, 7) is 4.49. The van der Waals surface area contributed by atoms with Gasteiger partial charge in [-0.3, -0.25) is 9.59 Å². The van der Waals surface area contributed by atoms with Crippen LogP contribution in [0.4, 0.5) is 11.4 Å². The number of hydrogen-bond acceptors (Lipinski definition) is 4. The maximum absolute atomic E-state index is 11.6. The Labute approximate surface area is 191 Å². The Morgan fingerprint density at radius 1 is 1.14 bits per heavy atom. The van der Waals surface area contributed by atoms with Gasteiger partial charge in [0.2, 0.25) is 5.91 Å². The summed E-state index contributed by atoms with van der Waals surface area (Å²) >= 11 is 13.1. The standard InChI is InChI=1S/C20H21Br2ClN2O4/c1-3-11(2)24-14-5-12(4-13(23)6-14)10-29-20-16(21)7-15(8-17(20)22)25-18(26)9-19(27)28/h4-8,11,24H,3,9-10H2,1-2H3,(H,25,26)(H,27,28). The number of ether oxygens (including phenoxy) is 1. The van der Waals surface area contributed by atoms with Crippen molar-refractivity contribution in [2.24, 2.45) is 0 Å². The summed E-state index contributed by atoms with van der Waals surface area (Å²) in [4.78, 5) is 22.2. The minimum absolute atomic E-state index is 0.289. The lowest BCUT2D eigenvalue weighted by Crippen LogP contribution is -2.16. The molecule has 0 heterocycles. The topological polar surface area (TPSA) is 87.7 Å². The molecule has 0 bridgehead atoms. The van der Waals surface area contributed by atoms with E-state index in [1.54, 1.807) is 12.1 Å². The van der Waals surface area contributed by atoms with Crippen LogP contribution >= 0.6 is 43.5 Å². The molecule has 0 spiro atoms. The van der Waals surface area contributed by atoms with Gasteiger partial charge in [0.1, 0.15) is 18.8 Å². The third kappa shape index (κ3) is 7.53. The zero-order valence-electron chi connectivity index (χ0n) is 15.9. The van der Waals surface area contributed by atoms with Gasteiger partial charge in [-0.15, -0.1) is 0 Å². The van der Waals surface area contributed by atoms with E-state index >= 15 is 0 Å². The molecule has 1 atom stereocenters. The van der Waals surface area contributed by atoms with Crippen molar-refractivity contribution in [1.82, 2.24) is 0 Å². The summed E-state index contributed by atoms with van der Waals surface area (Å²) in [7, 11) is 0. The highest BCUT2D eigenvalue weighted by atomic mass is 79.9. The molecule has 2 rings (SSSR count). The van der Waals surface area contributed by atoms with Crippen molar-refractivity contribution in [1.29, 1.82) is 0 Å². The number of anilines is 2. The summed E-state index contributed by atoms with van der Waals surface area (Å²) in [6, 6.07) is 9.32. The second-order valence-corrected chi connectivity index (χ2v) is 8.62. The molecule has 0 saturated carbocycles. The predicted octanol–water partition coefficient (Wildman–Crippen LogP) is 6.07. The van der Waals surface area contributed by atoms with Gasteiger partial charge in [0.25, 0.3) is 0 Å². The van der Waals surface area contributed by atoms with Crippen molar-refractivity contribution in [3.8, 4) is 5.75 Å². The van der Waals surface area contributed by atoms with Gasteiger partial charge in [-0.25, -0.2) is 0 Å². The van der Waals surface area contributed by atoms with Crippen LogP contribution in [0.1, 0.15) is 32.3 Å². The molecule has 29 heavy (non-hydrogen) atoms. The normalized spacial score (nSPS) is 11.6. The Morgan fingerprint density at radius 3 is 2.38 bits per heavy atom. The van der Waals surface area contributed by atoms with Gasteiger partial charge in [-0.1, -0.05) is 18.5 Å². The molecule has 0 fully saturated rings. The highest BCUT2D eigenvalue weighted by molar-refractivity contribution is 9.11. The van der Waals surface area contributed by atoms with Crippen LogP contribution in [-0.2, 0) is 16.2 Å². The van der Waals surface area contributed by atoms with Crippen LogP contribution in [0.15, 0.2) is 39.3 Å². The van der Waals surface area contributed by atoms with Crippen LogP contribution in [0.3, 0.4) is 0 Å². The molecule has 2 aromatic carbocycles. The molecule has 1 unspecified atom stereocenters. The lowest BCUT2D eigenvalue weighted by molar-refractivity contribution is -0.139. The van der Waals surface area contributed by atoms with E-state index in [1.807, 2.05) is 18.2 Å². The van der Waals surface area contributed by atoms with Gasteiger partial charge in [-0.05, 0) is 81.1 Å². The zero-order valence-corrected chi connectivity index (χ0v) is 19.8. The fourth-order valence-corrected chi connectivity index (χ4v) is 4.14. The molecule has 0 radical (unpaired) electrons. The summed E-state index contributed by atoms with van der Waals surface area (Å²) in [5.41, 5.74) is 2.28. The first-order chi connectivity index (χ1) is 13.7. The fourth-order valence-electron chi connectivity index (χ4n) is 2.47. The van der Waals surface area contributed by atoms with E-state index in [0.717, 1.165) is 17.7 Å². The van der Waals surface area contributed by atoms with Crippen molar-refractivity contribution >= 4 is 66.7 Å².